The van der Waals surface area contributed by atoms with Crippen LogP contribution in [0.1, 0.15) is 40.2 Å². The monoisotopic (exact) mass is 390 g/mol. The summed E-state index contributed by atoms with van der Waals surface area (Å²) in [5, 5.41) is 5.10. The second-order valence-corrected chi connectivity index (χ2v) is 7.28. The van der Waals surface area contributed by atoms with Crippen molar-refractivity contribution < 1.29 is 32.2 Å². The van der Waals surface area contributed by atoms with Crippen LogP contribution in [-0.4, -0.2) is 30.0 Å². The average molecular weight is 390 g/mol. The molecular weight excluding hydrogens is 365 g/mol. The summed E-state index contributed by atoms with van der Waals surface area (Å²) in [4.78, 5) is 24.3. The predicted octanol–water partition coefficient (Wildman–Crippen LogP) is 3.75. The molecule has 1 aromatic carbocycles. The van der Waals surface area contributed by atoms with Gasteiger partial charge in [-0.2, -0.15) is 0 Å². The van der Waals surface area contributed by atoms with Crippen molar-refractivity contribution in [2.24, 2.45) is 5.92 Å². The molecule has 0 aliphatic rings. The Labute approximate surface area is 156 Å². The van der Waals surface area contributed by atoms with E-state index in [1.54, 1.807) is 40.7 Å². The molecule has 1 aromatic rings. The number of alkyl carbamates (subject to hydrolysis) is 1. The molecule has 0 aliphatic carbocycles. The summed E-state index contributed by atoms with van der Waals surface area (Å²) in [6.45, 7) is 8.58. The van der Waals surface area contributed by atoms with Crippen LogP contribution >= 0.6 is 0 Å². The van der Waals surface area contributed by atoms with Crippen molar-refractivity contribution in [1.82, 2.24) is 10.6 Å². The molecule has 0 saturated heterocycles. The first-order valence-electron chi connectivity index (χ1n) is 8.39. The van der Waals surface area contributed by atoms with E-state index in [0.29, 0.717) is 5.56 Å². The Hall–Kier alpha value is -2.45. The fourth-order valence-electron chi connectivity index (χ4n) is 2.12. The number of amides is 2. The summed E-state index contributed by atoms with van der Waals surface area (Å²) >= 11 is 0. The lowest BCUT2D eigenvalue weighted by Gasteiger charge is -2.25. The number of halogens is 3. The van der Waals surface area contributed by atoms with Gasteiger partial charge in [0.05, 0.1) is 0 Å². The van der Waals surface area contributed by atoms with Gasteiger partial charge in [-0.15, -0.1) is 13.2 Å². The second kappa shape index (κ2) is 8.96. The van der Waals surface area contributed by atoms with E-state index in [0.717, 1.165) is 0 Å². The lowest BCUT2D eigenvalue weighted by atomic mass is 10.0. The molecule has 0 spiro atoms. The fourth-order valence-corrected chi connectivity index (χ4v) is 2.12. The number of nitrogens with one attached hydrogen (secondary N) is 2. The number of hydrogen-bond acceptors (Lipinski definition) is 4. The van der Waals surface area contributed by atoms with Crippen LogP contribution in [0.15, 0.2) is 24.3 Å². The van der Waals surface area contributed by atoms with Crippen molar-refractivity contribution in [2.75, 3.05) is 0 Å². The van der Waals surface area contributed by atoms with E-state index in [4.69, 9.17) is 4.74 Å². The number of rotatable bonds is 6. The van der Waals surface area contributed by atoms with E-state index in [2.05, 4.69) is 15.4 Å². The third-order valence-electron chi connectivity index (χ3n) is 3.22. The lowest BCUT2D eigenvalue weighted by molar-refractivity contribution is -0.274. The molecule has 0 saturated carbocycles. The van der Waals surface area contributed by atoms with E-state index < -0.39 is 30.0 Å². The first-order valence-corrected chi connectivity index (χ1v) is 8.39. The number of hydrogen-bond donors (Lipinski definition) is 2. The molecule has 0 fully saturated rings. The summed E-state index contributed by atoms with van der Waals surface area (Å²) in [7, 11) is 0. The maximum atomic E-state index is 12.4. The standard InChI is InChI=1S/C18H25F3N2O4/c1-11(2)14(23-16(25)27-17(3,4)5)15(24)22-10-12-7-6-8-13(9-12)26-18(19,20)21/h6-9,11,14H,10H2,1-5H3,(H,22,24)(H,23,25)/t14-/m1/s1. The van der Waals surface area contributed by atoms with Gasteiger partial charge < -0.3 is 20.1 Å². The van der Waals surface area contributed by atoms with Gasteiger partial charge in [0.15, 0.2) is 0 Å². The van der Waals surface area contributed by atoms with Crippen molar-refractivity contribution in [3.63, 3.8) is 0 Å². The molecule has 152 valence electrons. The molecule has 0 unspecified atom stereocenters. The quantitative estimate of drug-likeness (QED) is 0.776. The van der Waals surface area contributed by atoms with Gasteiger partial charge in [0.2, 0.25) is 5.91 Å². The molecule has 0 radical (unpaired) electrons. The topological polar surface area (TPSA) is 76.7 Å². The molecule has 6 nitrogen and oxygen atoms in total. The van der Waals surface area contributed by atoms with Gasteiger partial charge in [-0.1, -0.05) is 26.0 Å². The van der Waals surface area contributed by atoms with Gasteiger partial charge in [-0.3, -0.25) is 4.79 Å². The van der Waals surface area contributed by atoms with E-state index in [-0.39, 0.29) is 18.2 Å². The SMILES string of the molecule is CC(C)[C@@H](NC(=O)OC(C)(C)C)C(=O)NCc1cccc(OC(F)(F)F)c1. The molecule has 27 heavy (non-hydrogen) atoms. The zero-order valence-electron chi connectivity index (χ0n) is 15.9. The van der Waals surface area contributed by atoms with E-state index in [9.17, 15) is 22.8 Å². The van der Waals surface area contributed by atoms with Crippen molar-refractivity contribution in [3.8, 4) is 5.75 Å². The van der Waals surface area contributed by atoms with Crippen LogP contribution in [0, 0.1) is 5.92 Å². The van der Waals surface area contributed by atoms with Crippen molar-refractivity contribution in [2.45, 2.75) is 59.2 Å². The van der Waals surface area contributed by atoms with Gasteiger partial charge in [0, 0.05) is 6.54 Å². The van der Waals surface area contributed by atoms with Crippen LogP contribution in [-0.2, 0) is 16.1 Å². The number of alkyl halides is 3. The highest BCUT2D eigenvalue weighted by Gasteiger charge is 2.31. The minimum Gasteiger partial charge on any atom is -0.444 e. The number of ether oxygens (including phenoxy) is 2. The van der Waals surface area contributed by atoms with E-state index in [1.165, 1.54) is 18.2 Å². The van der Waals surface area contributed by atoms with Crippen molar-refractivity contribution in [3.05, 3.63) is 29.8 Å². The molecule has 0 aliphatic heterocycles. The maximum absolute atomic E-state index is 12.4. The van der Waals surface area contributed by atoms with E-state index in [1.807, 2.05) is 0 Å². The molecular formula is C18H25F3N2O4. The number of carbonyl (C=O) groups excluding carboxylic acids is 2. The Balaban J connectivity index is 2.70. The molecule has 2 amide bonds. The summed E-state index contributed by atoms with van der Waals surface area (Å²) < 4.78 is 45.8. The van der Waals surface area contributed by atoms with Crippen molar-refractivity contribution in [1.29, 1.82) is 0 Å². The predicted molar refractivity (Wildman–Crippen MR) is 93.0 cm³/mol. The fraction of sp³-hybridized carbons (Fsp3) is 0.556. The Morgan fingerprint density at radius 3 is 2.30 bits per heavy atom. The highest BCUT2D eigenvalue weighted by molar-refractivity contribution is 5.85. The smallest absolute Gasteiger partial charge is 0.444 e. The Kier molecular flexibility index (Phi) is 7.50. The minimum atomic E-state index is -4.79. The highest BCUT2D eigenvalue weighted by atomic mass is 19.4. The zero-order chi connectivity index (χ0) is 20.8. The van der Waals surface area contributed by atoms with Crippen LogP contribution < -0.4 is 15.4 Å². The van der Waals surface area contributed by atoms with Gasteiger partial charge in [-0.05, 0) is 44.4 Å². The average Bonchev–Trinajstić information content (AvgIpc) is 2.47. The van der Waals surface area contributed by atoms with Gasteiger partial charge in [0.25, 0.3) is 0 Å². The third-order valence-corrected chi connectivity index (χ3v) is 3.22. The number of carbonyl (C=O) groups is 2. The first kappa shape index (κ1) is 22.6. The summed E-state index contributed by atoms with van der Waals surface area (Å²) in [6, 6.07) is 4.44. The van der Waals surface area contributed by atoms with E-state index >= 15 is 0 Å². The molecule has 2 N–H and O–H groups in total. The summed E-state index contributed by atoms with van der Waals surface area (Å²) in [5.41, 5.74) is -0.286. The first-order chi connectivity index (χ1) is 12.3. The molecule has 1 atom stereocenters. The Morgan fingerprint density at radius 1 is 1.15 bits per heavy atom. The third kappa shape index (κ3) is 9.16. The molecule has 1 rings (SSSR count). The zero-order valence-corrected chi connectivity index (χ0v) is 15.9. The second-order valence-electron chi connectivity index (χ2n) is 7.28. The van der Waals surface area contributed by atoms with Crippen LogP contribution in [0.2, 0.25) is 0 Å². The Bertz CT molecular complexity index is 655. The summed E-state index contributed by atoms with van der Waals surface area (Å²) in [5.74, 6) is -1.07. The normalized spacial score (nSPS) is 13.1. The van der Waals surface area contributed by atoms with Gasteiger partial charge in [0.1, 0.15) is 17.4 Å². The van der Waals surface area contributed by atoms with Crippen LogP contribution in [0.3, 0.4) is 0 Å². The van der Waals surface area contributed by atoms with Crippen LogP contribution in [0.5, 0.6) is 5.75 Å². The highest BCUT2D eigenvalue weighted by Crippen LogP contribution is 2.23. The summed E-state index contributed by atoms with van der Waals surface area (Å²) in [6.07, 6.45) is -5.51. The largest absolute Gasteiger partial charge is 0.573 e. The Morgan fingerprint density at radius 2 is 1.78 bits per heavy atom. The van der Waals surface area contributed by atoms with Crippen LogP contribution in [0.25, 0.3) is 0 Å². The van der Waals surface area contributed by atoms with Crippen molar-refractivity contribution >= 4 is 12.0 Å². The molecule has 0 heterocycles. The van der Waals surface area contributed by atoms with Gasteiger partial charge >= 0.3 is 12.5 Å². The molecule has 9 heteroatoms. The van der Waals surface area contributed by atoms with Crippen LogP contribution in [0.4, 0.5) is 18.0 Å². The lowest BCUT2D eigenvalue weighted by Crippen LogP contribution is -2.50. The number of benzene rings is 1. The molecule has 0 aromatic heterocycles. The van der Waals surface area contributed by atoms with Gasteiger partial charge in [-0.25, -0.2) is 4.79 Å². The maximum Gasteiger partial charge on any atom is 0.573 e. The minimum absolute atomic E-state index is 0.0207. The molecule has 0 bridgehead atoms.